The summed E-state index contributed by atoms with van der Waals surface area (Å²) >= 11 is 0. The minimum absolute atomic E-state index is 0.0757. The molecule has 0 saturated heterocycles. The average molecular weight is 564 g/mol. The second kappa shape index (κ2) is 13.2. The largest absolute Gasteiger partial charge is 0.493 e. The Morgan fingerprint density at radius 3 is 2.48 bits per heavy atom. The molecule has 2 aromatic heterocycles. The molecular weight excluding hydrogens is 533 g/mol. The zero-order valence-electron chi connectivity index (χ0n) is 22.2. The molecule has 0 bridgehead atoms. The lowest BCUT2D eigenvalue weighted by molar-refractivity contribution is 0.0976. The normalized spacial score (nSPS) is 11.3. The van der Waals surface area contributed by atoms with E-state index in [4.69, 9.17) is 9.47 Å². The maximum atomic E-state index is 14.4. The highest BCUT2D eigenvalue weighted by Gasteiger charge is 2.23. The molecule has 0 unspecified atom stereocenters. The highest BCUT2D eigenvalue weighted by atomic mass is 32.2. The number of ether oxygens (including phenoxy) is 2. The highest BCUT2D eigenvalue weighted by Crippen LogP contribution is 2.28. The number of nitrogens with one attached hydrogen (secondary N) is 1. The SMILES string of the molecule is CC(C)COc1cc(F)cc(-c2ccc(C(=O)NS(=O)(=O)c3ccccn3)c(OCCCc3ccccc3)n2)c1. The molecule has 208 valence electrons. The second-order valence-electron chi connectivity index (χ2n) is 9.47. The third-order valence-electron chi connectivity index (χ3n) is 5.69. The van der Waals surface area contributed by atoms with E-state index in [0.29, 0.717) is 30.0 Å². The molecule has 0 aliphatic heterocycles. The van der Waals surface area contributed by atoms with Crippen LogP contribution < -0.4 is 14.2 Å². The summed E-state index contributed by atoms with van der Waals surface area (Å²) in [6.45, 7) is 4.60. The van der Waals surface area contributed by atoms with Crippen LogP contribution in [0.1, 0.15) is 36.2 Å². The molecule has 0 radical (unpaired) electrons. The average Bonchev–Trinajstić information content (AvgIpc) is 2.94. The number of nitrogens with zero attached hydrogens (tertiary/aromatic N) is 2. The standard InChI is InChI=1S/C30H30FN3O5S/c1-21(2)20-39-25-18-23(17-24(31)19-25)27-14-13-26(29(35)34-40(36,37)28-12-6-7-15-32-28)30(33-27)38-16-8-11-22-9-4-3-5-10-22/h3-7,9-10,12-15,17-19,21H,8,11,16,20H2,1-2H3,(H,34,35). The van der Waals surface area contributed by atoms with Gasteiger partial charge in [-0.15, -0.1) is 0 Å². The Balaban J connectivity index is 1.60. The molecule has 0 saturated carbocycles. The van der Waals surface area contributed by atoms with E-state index >= 15 is 0 Å². The van der Waals surface area contributed by atoms with Crippen molar-refractivity contribution in [2.24, 2.45) is 5.92 Å². The molecule has 40 heavy (non-hydrogen) atoms. The van der Waals surface area contributed by atoms with Crippen LogP contribution in [-0.2, 0) is 16.4 Å². The van der Waals surface area contributed by atoms with Crippen LogP contribution in [-0.4, -0.2) is 37.5 Å². The molecule has 1 N–H and O–H groups in total. The third kappa shape index (κ3) is 7.86. The van der Waals surface area contributed by atoms with E-state index in [2.05, 4.69) is 9.97 Å². The van der Waals surface area contributed by atoms with Crippen molar-refractivity contribution in [3.63, 3.8) is 0 Å². The molecule has 1 amide bonds. The second-order valence-corrected chi connectivity index (χ2v) is 11.1. The first-order valence-corrected chi connectivity index (χ1v) is 14.3. The first-order chi connectivity index (χ1) is 19.2. The number of benzene rings is 2. The first-order valence-electron chi connectivity index (χ1n) is 12.8. The van der Waals surface area contributed by atoms with Crippen LogP contribution in [0.4, 0.5) is 4.39 Å². The fourth-order valence-corrected chi connectivity index (χ4v) is 4.68. The Hall–Kier alpha value is -4.31. The van der Waals surface area contributed by atoms with Gasteiger partial charge in [0.25, 0.3) is 15.9 Å². The van der Waals surface area contributed by atoms with Crippen LogP contribution in [0, 0.1) is 11.7 Å². The van der Waals surface area contributed by atoms with Crippen molar-refractivity contribution in [3.05, 3.63) is 102 Å². The van der Waals surface area contributed by atoms with Gasteiger partial charge in [0.15, 0.2) is 5.03 Å². The zero-order chi connectivity index (χ0) is 28.5. The fraction of sp³-hybridized carbons (Fsp3) is 0.233. The van der Waals surface area contributed by atoms with Crippen LogP contribution >= 0.6 is 0 Å². The van der Waals surface area contributed by atoms with Gasteiger partial charge in [0.2, 0.25) is 5.88 Å². The lowest BCUT2D eigenvalue weighted by Crippen LogP contribution is -2.31. The summed E-state index contributed by atoms with van der Waals surface area (Å²) in [6, 6.07) is 21.3. The van der Waals surface area contributed by atoms with Crippen molar-refractivity contribution in [1.29, 1.82) is 0 Å². The molecular formula is C30H30FN3O5S. The van der Waals surface area contributed by atoms with Crippen molar-refractivity contribution < 1.29 is 27.1 Å². The number of rotatable bonds is 12. The summed E-state index contributed by atoms with van der Waals surface area (Å²) < 4.78 is 53.4. The summed E-state index contributed by atoms with van der Waals surface area (Å²) in [5.74, 6) is -0.914. The molecule has 8 nitrogen and oxygen atoms in total. The van der Waals surface area contributed by atoms with E-state index in [1.54, 1.807) is 12.1 Å². The van der Waals surface area contributed by atoms with Crippen molar-refractivity contribution >= 4 is 15.9 Å². The van der Waals surface area contributed by atoms with E-state index in [9.17, 15) is 17.6 Å². The van der Waals surface area contributed by atoms with E-state index in [1.165, 1.54) is 42.6 Å². The smallest absolute Gasteiger partial charge is 0.281 e. The summed E-state index contributed by atoms with van der Waals surface area (Å²) in [6.07, 6.45) is 2.67. The molecule has 0 aliphatic rings. The number of pyridine rings is 2. The van der Waals surface area contributed by atoms with Crippen molar-refractivity contribution in [2.45, 2.75) is 31.7 Å². The zero-order valence-corrected chi connectivity index (χ0v) is 23.0. The number of aromatic nitrogens is 2. The third-order valence-corrected chi connectivity index (χ3v) is 6.93. The van der Waals surface area contributed by atoms with Crippen LogP contribution in [0.15, 0.2) is 90.1 Å². The Kier molecular flexibility index (Phi) is 9.44. The predicted molar refractivity (Wildman–Crippen MR) is 149 cm³/mol. The minimum Gasteiger partial charge on any atom is -0.493 e. The number of hydrogen-bond acceptors (Lipinski definition) is 7. The Labute approximate surface area is 233 Å². The van der Waals surface area contributed by atoms with Gasteiger partial charge in [-0.05, 0) is 60.7 Å². The number of aryl methyl sites for hydroxylation is 1. The topological polar surface area (TPSA) is 107 Å². The van der Waals surface area contributed by atoms with Crippen molar-refractivity contribution in [3.8, 4) is 22.9 Å². The Morgan fingerprint density at radius 2 is 1.75 bits per heavy atom. The lowest BCUT2D eigenvalue weighted by atomic mass is 10.1. The van der Waals surface area contributed by atoms with Gasteiger partial charge in [0, 0.05) is 17.8 Å². The van der Waals surface area contributed by atoms with E-state index in [-0.39, 0.29) is 29.0 Å². The van der Waals surface area contributed by atoms with Gasteiger partial charge in [-0.2, -0.15) is 8.42 Å². The minimum atomic E-state index is -4.23. The van der Waals surface area contributed by atoms with Crippen LogP contribution in [0.5, 0.6) is 11.6 Å². The fourth-order valence-electron chi connectivity index (χ4n) is 3.77. The number of amides is 1. The number of sulfonamides is 1. The predicted octanol–water partition coefficient (Wildman–Crippen LogP) is 5.45. The van der Waals surface area contributed by atoms with Crippen LogP contribution in [0.3, 0.4) is 0 Å². The maximum absolute atomic E-state index is 14.4. The molecule has 0 spiro atoms. The van der Waals surface area contributed by atoms with Gasteiger partial charge in [-0.25, -0.2) is 19.1 Å². The van der Waals surface area contributed by atoms with Gasteiger partial charge in [-0.3, -0.25) is 4.79 Å². The molecule has 4 rings (SSSR count). The van der Waals surface area contributed by atoms with Gasteiger partial charge in [0.1, 0.15) is 17.1 Å². The summed E-state index contributed by atoms with van der Waals surface area (Å²) in [5, 5.41) is -0.299. The summed E-state index contributed by atoms with van der Waals surface area (Å²) in [5.41, 5.74) is 1.79. The quantitative estimate of drug-likeness (QED) is 0.229. The number of carbonyl (C=O) groups excluding carboxylic acids is 1. The molecule has 2 aromatic carbocycles. The molecule has 4 aromatic rings. The lowest BCUT2D eigenvalue weighted by Gasteiger charge is -2.14. The Morgan fingerprint density at radius 1 is 0.975 bits per heavy atom. The highest BCUT2D eigenvalue weighted by molar-refractivity contribution is 7.90. The van der Waals surface area contributed by atoms with E-state index in [1.807, 2.05) is 48.9 Å². The van der Waals surface area contributed by atoms with E-state index < -0.39 is 21.7 Å². The summed E-state index contributed by atoms with van der Waals surface area (Å²) in [7, 11) is -4.23. The van der Waals surface area contributed by atoms with Crippen LogP contribution in [0.25, 0.3) is 11.3 Å². The van der Waals surface area contributed by atoms with Crippen molar-refractivity contribution in [2.75, 3.05) is 13.2 Å². The van der Waals surface area contributed by atoms with Crippen molar-refractivity contribution in [1.82, 2.24) is 14.7 Å². The monoisotopic (exact) mass is 563 g/mol. The number of halogens is 1. The maximum Gasteiger partial charge on any atom is 0.281 e. The summed E-state index contributed by atoms with van der Waals surface area (Å²) in [4.78, 5) is 21.4. The molecule has 0 aliphatic carbocycles. The number of carbonyl (C=O) groups is 1. The van der Waals surface area contributed by atoms with Gasteiger partial charge in [-0.1, -0.05) is 50.2 Å². The first kappa shape index (κ1) is 28.7. The molecule has 10 heteroatoms. The van der Waals surface area contributed by atoms with E-state index in [0.717, 1.165) is 12.0 Å². The van der Waals surface area contributed by atoms with Gasteiger partial charge in [0.05, 0.1) is 18.9 Å². The molecule has 2 heterocycles. The van der Waals surface area contributed by atoms with Gasteiger partial charge >= 0.3 is 0 Å². The Bertz CT molecular complexity index is 1550. The van der Waals surface area contributed by atoms with Crippen LogP contribution in [0.2, 0.25) is 0 Å². The van der Waals surface area contributed by atoms with Gasteiger partial charge < -0.3 is 9.47 Å². The number of hydrogen-bond donors (Lipinski definition) is 1. The molecule has 0 atom stereocenters. The molecule has 0 fully saturated rings.